The summed E-state index contributed by atoms with van der Waals surface area (Å²) in [4.78, 5) is 23.9. The van der Waals surface area contributed by atoms with Crippen LogP contribution in [0.4, 0.5) is 0 Å². The first-order valence-corrected chi connectivity index (χ1v) is 7.95. The third kappa shape index (κ3) is 3.56. The van der Waals surface area contributed by atoms with Gasteiger partial charge in [0.1, 0.15) is 5.57 Å². The van der Waals surface area contributed by atoms with Crippen molar-refractivity contribution in [2.24, 2.45) is 5.92 Å². The minimum Gasteiger partial charge on any atom is -0.465 e. The number of carbonyl (C=O) groups is 2. The first-order chi connectivity index (χ1) is 10.6. The highest BCUT2D eigenvalue weighted by Crippen LogP contribution is 2.42. The van der Waals surface area contributed by atoms with Gasteiger partial charge in [0.05, 0.1) is 18.8 Å². The average molecular weight is 322 g/mol. The Morgan fingerprint density at radius 1 is 1.35 bits per heavy atom. The van der Waals surface area contributed by atoms with Crippen LogP contribution in [0.3, 0.4) is 0 Å². The van der Waals surface area contributed by atoms with E-state index < -0.39 is 17.4 Å². The second kappa shape index (κ2) is 6.21. The number of ketones is 1. The van der Waals surface area contributed by atoms with Crippen LogP contribution in [0.1, 0.15) is 47.0 Å². The fourth-order valence-electron chi connectivity index (χ4n) is 3.73. The summed E-state index contributed by atoms with van der Waals surface area (Å²) in [5.41, 5.74) is 0.566. The number of Topliss-reactive ketones (excluding diaryl/α,β-unsaturated/α-hetero) is 1. The van der Waals surface area contributed by atoms with Gasteiger partial charge in [-0.15, -0.1) is 6.58 Å². The Morgan fingerprint density at radius 3 is 2.57 bits per heavy atom. The molecule has 2 atom stereocenters. The van der Waals surface area contributed by atoms with E-state index in [4.69, 9.17) is 14.2 Å². The fourth-order valence-corrected chi connectivity index (χ4v) is 3.73. The number of rotatable bonds is 4. The predicted octanol–water partition coefficient (Wildman–Crippen LogP) is 2.94. The minimum atomic E-state index is -0.734. The third-order valence-corrected chi connectivity index (χ3v) is 4.52. The van der Waals surface area contributed by atoms with E-state index in [9.17, 15) is 9.59 Å². The standard InChI is InChI=1S/C18H26O5/c1-7-12-14(22-18(4,5)23-17(12,2)3)10-11-8-9-13(19)15(11)16(20)21-6/h7,12,14H,1,8-10H2,2-6H3/t12-,14?/m0/s1. The molecule has 23 heavy (non-hydrogen) atoms. The van der Waals surface area contributed by atoms with E-state index in [2.05, 4.69) is 6.58 Å². The van der Waals surface area contributed by atoms with E-state index in [0.717, 1.165) is 5.57 Å². The summed E-state index contributed by atoms with van der Waals surface area (Å²) in [6, 6.07) is 0. The Morgan fingerprint density at radius 2 is 2.00 bits per heavy atom. The van der Waals surface area contributed by atoms with Gasteiger partial charge in [-0.25, -0.2) is 4.79 Å². The molecular weight excluding hydrogens is 296 g/mol. The Balaban J connectivity index is 2.32. The predicted molar refractivity (Wildman–Crippen MR) is 85.7 cm³/mol. The molecule has 0 aromatic carbocycles. The molecule has 2 rings (SSSR count). The fraction of sp³-hybridized carbons (Fsp3) is 0.667. The molecule has 1 saturated heterocycles. The van der Waals surface area contributed by atoms with Gasteiger partial charge in [0.2, 0.25) is 0 Å². The molecule has 0 radical (unpaired) electrons. The molecule has 0 aromatic rings. The zero-order valence-electron chi connectivity index (χ0n) is 14.6. The summed E-state index contributed by atoms with van der Waals surface area (Å²) < 4.78 is 16.8. The number of esters is 1. The smallest absolute Gasteiger partial charge is 0.341 e. The molecule has 1 fully saturated rings. The zero-order chi connectivity index (χ0) is 17.4. The lowest BCUT2D eigenvalue weighted by Gasteiger charge is -2.50. The summed E-state index contributed by atoms with van der Waals surface area (Å²) in [7, 11) is 1.29. The molecule has 128 valence electrons. The molecule has 1 heterocycles. The van der Waals surface area contributed by atoms with Crippen LogP contribution in [0.5, 0.6) is 0 Å². The van der Waals surface area contributed by atoms with Gasteiger partial charge in [-0.05, 0) is 46.1 Å². The van der Waals surface area contributed by atoms with Crippen molar-refractivity contribution >= 4 is 11.8 Å². The molecule has 0 saturated carbocycles. The Kier molecular flexibility index (Phi) is 4.83. The van der Waals surface area contributed by atoms with Crippen LogP contribution in [-0.4, -0.2) is 36.4 Å². The molecule has 1 aliphatic heterocycles. The Hall–Kier alpha value is -1.46. The van der Waals surface area contributed by atoms with Crippen LogP contribution in [0.25, 0.3) is 0 Å². The van der Waals surface area contributed by atoms with Crippen molar-refractivity contribution in [1.82, 2.24) is 0 Å². The molecule has 5 nitrogen and oxygen atoms in total. The maximum Gasteiger partial charge on any atom is 0.341 e. The topological polar surface area (TPSA) is 61.8 Å². The van der Waals surface area contributed by atoms with E-state index in [1.165, 1.54) is 7.11 Å². The number of methoxy groups -OCH3 is 1. The van der Waals surface area contributed by atoms with Crippen molar-refractivity contribution in [3.05, 3.63) is 23.8 Å². The van der Waals surface area contributed by atoms with Crippen LogP contribution >= 0.6 is 0 Å². The quantitative estimate of drug-likeness (QED) is 0.452. The van der Waals surface area contributed by atoms with Crippen molar-refractivity contribution in [2.75, 3.05) is 7.11 Å². The van der Waals surface area contributed by atoms with E-state index >= 15 is 0 Å². The van der Waals surface area contributed by atoms with Gasteiger partial charge in [-0.3, -0.25) is 4.79 Å². The SMILES string of the molecule is C=C[C@H]1C(CC2=C(C(=O)OC)C(=O)CC2)OC(C)(C)OC1(C)C. The lowest BCUT2D eigenvalue weighted by atomic mass is 9.81. The van der Waals surface area contributed by atoms with Crippen LogP contribution < -0.4 is 0 Å². The van der Waals surface area contributed by atoms with Crippen molar-refractivity contribution < 1.29 is 23.8 Å². The van der Waals surface area contributed by atoms with Gasteiger partial charge < -0.3 is 14.2 Å². The number of hydrogen-bond acceptors (Lipinski definition) is 5. The molecule has 0 aromatic heterocycles. The first-order valence-electron chi connectivity index (χ1n) is 7.95. The molecule has 0 N–H and O–H groups in total. The van der Waals surface area contributed by atoms with Crippen LogP contribution in [0, 0.1) is 5.92 Å². The highest BCUT2D eigenvalue weighted by Gasteiger charge is 2.47. The van der Waals surface area contributed by atoms with Crippen molar-refractivity contribution in [1.29, 1.82) is 0 Å². The Bertz CT molecular complexity index is 556. The van der Waals surface area contributed by atoms with Gasteiger partial charge in [0.15, 0.2) is 11.6 Å². The van der Waals surface area contributed by atoms with Gasteiger partial charge >= 0.3 is 5.97 Å². The monoisotopic (exact) mass is 322 g/mol. The molecule has 0 amide bonds. The maximum absolute atomic E-state index is 12.0. The zero-order valence-corrected chi connectivity index (χ0v) is 14.6. The van der Waals surface area contributed by atoms with E-state index in [-0.39, 0.29) is 23.4 Å². The van der Waals surface area contributed by atoms with Gasteiger partial charge in [-0.2, -0.15) is 0 Å². The summed E-state index contributed by atoms with van der Waals surface area (Å²) in [6.07, 6.45) is 3.06. The molecule has 5 heteroatoms. The van der Waals surface area contributed by atoms with E-state index in [0.29, 0.717) is 19.3 Å². The van der Waals surface area contributed by atoms with E-state index in [1.54, 1.807) is 0 Å². The van der Waals surface area contributed by atoms with Gasteiger partial charge in [-0.1, -0.05) is 6.08 Å². The van der Waals surface area contributed by atoms with Crippen molar-refractivity contribution in [2.45, 2.75) is 64.4 Å². The van der Waals surface area contributed by atoms with Gasteiger partial charge in [0.25, 0.3) is 0 Å². The maximum atomic E-state index is 12.0. The second-order valence-corrected chi connectivity index (χ2v) is 7.12. The summed E-state index contributed by atoms with van der Waals surface area (Å²) >= 11 is 0. The van der Waals surface area contributed by atoms with Crippen LogP contribution in [0.2, 0.25) is 0 Å². The highest BCUT2D eigenvalue weighted by atomic mass is 16.7. The molecule has 1 aliphatic carbocycles. The molecule has 0 spiro atoms. The minimum absolute atomic E-state index is 0.0439. The third-order valence-electron chi connectivity index (χ3n) is 4.52. The normalized spacial score (nSPS) is 29.5. The second-order valence-electron chi connectivity index (χ2n) is 7.12. The summed E-state index contributed by atoms with van der Waals surface area (Å²) in [5, 5.41) is 0. The summed E-state index contributed by atoms with van der Waals surface area (Å²) in [5.74, 6) is -1.48. The first kappa shape index (κ1) is 17.9. The van der Waals surface area contributed by atoms with Crippen LogP contribution in [0.15, 0.2) is 23.8 Å². The Labute approximate surface area is 137 Å². The number of carbonyl (C=O) groups excluding carboxylic acids is 2. The largest absolute Gasteiger partial charge is 0.465 e. The van der Waals surface area contributed by atoms with E-state index in [1.807, 2.05) is 33.8 Å². The van der Waals surface area contributed by atoms with Crippen LogP contribution in [-0.2, 0) is 23.8 Å². The van der Waals surface area contributed by atoms with Gasteiger partial charge in [0, 0.05) is 12.3 Å². The average Bonchev–Trinajstić information content (AvgIpc) is 2.76. The molecular formula is C18H26O5. The lowest BCUT2D eigenvalue weighted by molar-refractivity contribution is -0.340. The summed E-state index contributed by atoms with van der Waals surface area (Å²) in [6.45, 7) is 11.7. The highest BCUT2D eigenvalue weighted by molar-refractivity contribution is 6.19. The molecule has 1 unspecified atom stereocenters. The molecule has 2 aliphatic rings. The van der Waals surface area contributed by atoms with Crippen molar-refractivity contribution in [3.63, 3.8) is 0 Å². The lowest BCUT2D eigenvalue weighted by Crippen LogP contribution is -2.55. The number of hydrogen-bond donors (Lipinski definition) is 0. The molecule has 0 bridgehead atoms. The number of ether oxygens (including phenoxy) is 3. The van der Waals surface area contributed by atoms with Crippen molar-refractivity contribution in [3.8, 4) is 0 Å².